The van der Waals surface area contributed by atoms with Crippen molar-refractivity contribution in [1.82, 2.24) is 14.9 Å². The normalized spacial score (nSPS) is 13.4. The van der Waals surface area contributed by atoms with E-state index < -0.39 is 10.0 Å². The number of benzene rings is 1. The van der Waals surface area contributed by atoms with Crippen molar-refractivity contribution in [2.45, 2.75) is 24.3 Å². The van der Waals surface area contributed by atoms with Gasteiger partial charge in [-0.15, -0.1) is 0 Å². The molecule has 0 aliphatic heterocycles. The molecule has 0 spiro atoms. The monoisotopic (exact) mass is 299 g/mol. The fraction of sp³-hybridized carbons (Fsp3) is 0.250. The van der Waals surface area contributed by atoms with Crippen molar-refractivity contribution < 1.29 is 8.42 Å². The van der Waals surface area contributed by atoms with Crippen LogP contribution in [0.2, 0.25) is 5.02 Å². The summed E-state index contributed by atoms with van der Waals surface area (Å²) in [6, 6.07) is 7.11. The number of aromatic nitrogens is 2. The smallest absolute Gasteiger partial charge is 0.243 e. The molecule has 5 nitrogen and oxygen atoms in total. The molecule has 0 saturated carbocycles. The standard InChI is InChI=1S/C12H14ClN3O2S/c1-9(6-10-4-2-3-5-12(10)13)16-19(17,18)11-7-14-15-8-11/h2-5,7-9,16H,6H2,1H3,(H,14,15). The zero-order valence-electron chi connectivity index (χ0n) is 10.3. The summed E-state index contributed by atoms with van der Waals surface area (Å²) in [7, 11) is -3.54. The Morgan fingerprint density at radius 1 is 1.42 bits per heavy atom. The highest BCUT2D eigenvalue weighted by Crippen LogP contribution is 2.17. The van der Waals surface area contributed by atoms with Crippen LogP contribution in [0.1, 0.15) is 12.5 Å². The van der Waals surface area contributed by atoms with Crippen LogP contribution in [-0.4, -0.2) is 24.7 Å². The lowest BCUT2D eigenvalue weighted by Crippen LogP contribution is -2.34. The summed E-state index contributed by atoms with van der Waals surface area (Å²) in [5, 5.41) is 6.74. The highest BCUT2D eigenvalue weighted by atomic mass is 35.5. The molecule has 0 radical (unpaired) electrons. The number of H-pyrrole nitrogens is 1. The number of aromatic amines is 1. The van der Waals surface area contributed by atoms with E-state index in [1.165, 1.54) is 12.4 Å². The third kappa shape index (κ3) is 3.56. The van der Waals surface area contributed by atoms with E-state index in [1.54, 1.807) is 13.0 Å². The molecule has 0 amide bonds. The molecular weight excluding hydrogens is 286 g/mol. The zero-order valence-corrected chi connectivity index (χ0v) is 11.9. The molecule has 1 unspecified atom stereocenters. The Balaban J connectivity index is 2.06. The summed E-state index contributed by atoms with van der Waals surface area (Å²) in [6.45, 7) is 1.79. The predicted octanol–water partition coefficient (Wildman–Crippen LogP) is 1.97. The van der Waals surface area contributed by atoms with Crippen LogP contribution in [0.15, 0.2) is 41.6 Å². The molecule has 2 rings (SSSR count). The van der Waals surface area contributed by atoms with Crippen molar-refractivity contribution in [2.75, 3.05) is 0 Å². The van der Waals surface area contributed by atoms with E-state index in [-0.39, 0.29) is 10.9 Å². The van der Waals surface area contributed by atoms with Gasteiger partial charge >= 0.3 is 0 Å². The van der Waals surface area contributed by atoms with Gasteiger partial charge in [0.2, 0.25) is 10.0 Å². The fourth-order valence-corrected chi connectivity index (χ4v) is 3.12. The third-order valence-corrected chi connectivity index (χ3v) is 4.55. The fourth-order valence-electron chi connectivity index (χ4n) is 1.75. The SMILES string of the molecule is CC(Cc1ccccc1Cl)NS(=O)(=O)c1cn[nH]c1. The molecule has 0 saturated heterocycles. The predicted molar refractivity (Wildman–Crippen MR) is 73.5 cm³/mol. The van der Waals surface area contributed by atoms with Crippen molar-refractivity contribution in [3.8, 4) is 0 Å². The summed E-state index contributed by atoms with van der Waals surface area (Å²) >= 11 is 6.05. The second-order valence-electron chi connectivity index (χ2n) is 4.25. The van der Waals surface area contributed by atoms with Gasteiger partial charge in [0, 0.05) is 17.3 Å². The topological polar surface area (TPSA) is 74.8 Å². The van der Waals surface area contributed by atoms with Crippen LogP contribution in [0.3, 0.4) is 0 Å². The first-order valence-corrected chi connectivity index (χ1v) is 7.59. The summed E-state index contributed by atoms with van der Waals surface area (Å²) in [4.78, 5) is 0.124. The van der Waals surface area contributed by atoms with Crippen LogP contribution in [-0.2, 0) is 16.4 Å². The molecule has 2 N–H and O–H groups in total. The first-order chi connectivity index (χ1) is 8.99. The average Bonchev–Trinajstić information content (AvgIpc) is 2.85. The summed E-state index contributed by atoms with van der Waals surface area (Å²) in [5.74, 6) is 0. The first kappa shape index (κ1) is 14.0. The lowest BCUT2D eigenvalue weighted by atomic mass is 10.1. The molecule has 0 bridgehead atoms. The molecule has 0 fully saturated rings. The number of nitrogens with zero attached hydrogens (tertiary/aromatic N) is 1. The van der Waals surface area contributed by atoms with E-state index in [1.807, 2.05) is 18.2 Å². The largest absolute Gasteiger partial charge is 0.284 e. The van der Waals surface area contributed by atoms with Gasteiger partial charge in [-0.2, -0.15) is 5.10 Å². The van der Waals surface area contributed by atoms with Crippen LogP contribution < -0.4 is 4.72 Å². The molecule has 0 aliphatic rings. The number of rotatable bonds is 5. The Morgan fingerprint density at radius 2 is 2.16 bits per heavy atom. The average molecular weight is 300 g/mol. The molecule has 7 heteroatoms. The minimum atomic E-state index is -3.54. The van der Waals surface area contributed by atoms with Crippen LogP contribution in [0.25, 0.3) is 0 Å². The highest BCUT2D eigenvalue weighted by molar-refractivity contribution is 7.89. The van der Waals surface area contributed by atoms with Gasteiger partial charge in [-0.1, -0.05) is 29.8 Å². The van der Waals surface area contributed by atoms with Gasteiger partial charge in [0.05, 0.1) is 6.20 Å². The van der Waals surface area contributed by atoms with Crippen molar-refractivity contribution >= 4 is 21.6 Å². The third-order valence-electron chi connectivity index (χ3n) is 2.62. The van der Waals surface area contributed by atoms with Crippen LogP contribution in [0.4, 0.5) is 0 Å². The number of nitrogens with one attached hydrogen (secondary N) is 2. The Labute approximate surface area is 117 Å². The van der Waals surface area contributed by atoms with E-state index in [0.717, 1.165) is 5.56 Å². The molecule has 1 aromatic carbocycles. The molecular formula is C12H14ClN3O2S. The maximum absolute atomic E-state index is 12.0. The summed E-state index contributed by atoms with van der Waals surface area (Å²) in [6.07, 6.45) is 3.13. The van der Waals surface area contributed by atoms with Crippen LogP contribution in [0.5, 0.6) is 0 Å². The number of halogens is 1. The van der Waals surface area contributed by atoms with Crippen molar-refractivity contribution in [3.05, 3.63) is 47.2 Å². The Kier molecular flexibility index (Phi) is 4.24. The molecule has 0 aliphatic carbocycles. The molecule has 1 aromatic heterocycles. The van der Waals surface area contributed by atoms with Crippen molar-refractivity contribution in [3.63, 3.8) is 0 Å². The van der Waals surface area contributed by atoms with Crippen molar-refractivity contribution in [1.29, 1.82) is 0 Å². The van der Waals surface area contributed by atoms with E-state index >= 15 is 0 Å². The lowest BCUT2D eigenvalue weighted by molar-refractivity contribution is 0.560. The van der Waals surface area contributed by atoms with E-state index in [4.69, 9.17) is 11.6 Å². The van der Waals surface area contributed by atoms with Gasteiger partial charge in [0.1, 0.15) is 4.90 Å². The molecule has 102 valence electrons. The summed E-state index contributed by atoms with van der Waals surface area (Å²) in [5.41, 5.74) is 0.909. The molecule has 1 heterocycles. The minimum Gasteiger partial charge on any atom is -0.284 e. The first-order valence-electron chi connectivity index (χ1n) is 5.73. The van der Waals surface area contributed by atoms with Crippen molar-refractivity contribution in [2.24, 2.45) is 0 Å². The van der Waals surface area contributed by atoms with Gasteiger partial charge in [0.15, 0.2) is 0 Å². The van der Waals surface area contributed by atoms with Gasteiger partial charge < -0.3 is 0 Å². The van der Waals surface area contributed by atoms with Gasteiger partial charge in [-0.3, -0.25) is 5.10 Å². The second-order valence-corrected chi connectivity index (χ2v) is 6.37. The summed E-state index contributed by atoms with van der Waals surface area (Å²) < 4.78 is 26.5. The maximum Gasteiger partial charge on any atom is 0.243 e. The minimum absolute atomic E-state index is 0.124. The van der Waals surface area contributed by atoms with E-state index in [2.05, 4.69) is 14.9 Å². The molecule has 19 heavy (non-hydrogen) atoms. The Bertz CT molecular complexity index is 641. The van der Waals surface area contributed by atoms with Crippen LogP contribution >= 0.6 is 11.6 Å². The maximum atomic E-state index is 12.0. The quantitative estimate of drug-likeness (QED) is 0.886. The Morgan fingerprint density at radius 3 is 2.79 bits per heavy atom. The second kappa shape index (κ2) is 5.73. The van der Waals surface area contributed by atoms with Gasteiger partial charge in [-0.25, -0.2) is 13.1 Å². The lowest BCUT2D eigenvalue weighted by Gasteiger charge is -2.14. The number of hydrogen-bond donors (Lipinski definition) is 2. The number of hydrogen-bond acceptors (Lipinski definition) is 3. The number of sulfonamides is 1. The molecule has 1 atom stereocenters. The van der Waals surface area contributed by atoms with E-state index in [9.17, 15) is 8.42 Å². The highest BCUT2D eigenvalue weighted by Gasteiger charge is 2.18. The van der Waals surface area contributed by atoms with Gasteiger partial charge in [-0.05, 0) is 25.0 Å². The Hall–Kier alpha value is -1.37. The van der Waals surface area contributed by atoms with Gasteiger partial charge in [0.25, 0.3) is 0 Å². The molecule has 2 aromatic rings. The van der Waals surface area contributed by atoms with Crippen LogP contribution in [0, 0.1) is 0 Å². The van der Waals surface area contributed by atoms with E-state index in [0.29, 0.717) is 11.4 Å². The zero-order chi connectivity index (χ0) is 13.9.